The Morgan fingerprint density at radius 3 is 2.54 bits per heavy atom. The summed E-state index contributed by atoms with van der Waals surface area (Å²) in [4.78, 5) is 33.8. The zero-order valence-electron chi connectivity index (χ0n) is 22.7. The summed E-state index contributed by atoms with van der Waals surface area (Å²) in [7, 11) is 1.58. The molecule has 5 heterocycles. The van der Waals surface area contributed by atoms with Crippen LogP contribution in [0.5, 0.6) is 5.88 Å². The zero-order valence-corrected chi connectivity index (χ0v) is 22.7. The van der Waals surface area contributed by atoms with E-state index < -0.39 is 5.54 Å². The van der Waals surface area contributed by atoms with Gasteiger partial charge in [0.2, 0.25) is 11.7 Å². The van der Waals surface area contributed by atoms with Crippen LogP contribution in [-0.2, 0) is 21.5 Å². The number of benzene rings is 2. The molecule has 2 unspecified atom stereocenters. The molecule has 4 aliphatic rings. The van der Waals surface area contributed by atoms with Gasteiger partial charge in [-0.15, -0.1) is 0 Å². The molecule has 1 aromatic heterocycles. The summed E-state index contributed by atoms with van der Waals surface area (Å²) in [6.45, 7) is 5.73. The number of Topliss-reactive ketones (excluding diaryl/α,β-unsaturated/α-hetero) is 1. The van der Waals surface area contributed by atoms with Gasteiger partial charge in [0.15, 0.2) is 11.6 Å². The van der Waals surface area contributed by atoms with Crippen LogP contribution in [0.4, 0.5) is 5.69 Å². The minimum atomic E-state index is -0.914. The fraction of sp³-hybridized carbons (Fsp3) is 0.406. The summed E-state index contributed by atoms with van der Waals surface area (Å²) in [6, 6.07) is 21.6. The number of nitrogens with zero attached hydrogens (tertiary/aromatic N) is 3. The molecule has 7 nitrogen and oxygen atoms in total. The first-order valence-corrected chi connectivity index (χ1v) is 14.0. The maximum absolute atomic E-state index is 14.1. The molecule has 0 aliphatic carbocycles. The quantitative estimate of drug-likeness (QED) is 0.178. The minimum absolute atomic E-state index is 0.158. The standard InChI is InChI=1S/C32H36N3O4/c1-3-23-8-7-11-27(18-23)34-22-32(34,26-12-13-30(38-2)33-19-26)31(37)39-29-21-35(16-14-25(29)15-17-35)20-28(36)24-9-5-4-6-10-24/h4-13,18-19,25,29H,3,14-17,20-22H2,1-2H3/q+1. The molecule has 2 atom stereocenters. The molecular weight excluding hydrogens is 490 g/mol. The Hall–Kier alpha value is -3.71. The number of piperidine rings is 3. The van der Waals surface area contributed by atoms with Crippen molar-refractivity contribution >= 4 is 17.4 Å². The molecule has 202 valence electrons. The monoisotopic (exact) mass is 526 g/mol. The van der Waals surface area contributed by atoms with Gasteiger partial charge in [-0.05, 0) is 30.2 Å². The highest BCUT2D eigenvalue weighted by Crippen LogP contribution is 2.48. The number of ketones is 1. The lowest BCUT2D eigenvalue weighted by Gasteiger charge is -2.51. The number of carbonyl (C=O) groups is 2. The first-order valence-electron chi connectivity index (χ1n) is 14.0. The van der Waals surface area contributed by atoms with E-state index in [1.54, 1.807) is 19.4 Å². The summed E-state index contributed by atoms with van der Waals surface area (Å²) in [5.41, 5.74) is 2.87. The molecule has 7 heteroatoms. The molecule has 4 saturated heterocycles. The number of pyridine rings is 1. The Labute approximate surface area is 230 Å². The van der Waals surface area contributed by atoms with Crippen LogP contribution >= 0.6 is 0 Å². The van der Waals surface area contributed by atoms with Crippen LogP contribution in [0.25, 0.3) is 0 Å². The molecular formula is C32H36N3O4+. The third-order valence-corrected chi connectivity index (χ3v) is 9.01. The number of esters is 1. The fourth-order valence-corrected chi connectivity index (χ4v) is 6.57. The number of anilines is 1. The van der Waals surface area contributed by atoms with E-state index in [2.05, 4.69) is 35.0 Å². The average Bonchev–Trinajstić information content (AvgIpc) is 3.75. The number of ether oxygens (including phenoxy) is 2. The number of rotatable bonds is 9. The van der Waals surface area contributed by atoms with Crippen molar-refractivity contribution in [1.82, 2.24) is 4.98 Å². The van der Waals surface area contributed by atoms with Crippen molar-refractivity contribution in [3.05, 3.63) is 89.6 Å². The molecule has 0 saturated carbocycles. The lowest BCUT2D eigenvalue weighted by Crippen LogP contribution is -2.66. The van der Waals surface area contributed by atoms with E-state index in [1.807, 2.05) is 42.5 Å². The molecule has 4 aliphatic heterocycles. The Morgan fingerprint density at radius 2 is 1.85 bits per heavy atom. The summed E-state index contributed by atoms with van der Waals surface area (Å²) >= 11 is 0. The van der Waals surface area contributed by atoms with Gasteiger partial charge >= 0.3 is 5.97 Å². The van der Waals surface area contributed by atoms with E-state index >= 15 is 0 Å². The molecule has 0 radical (unpaired) electrons. The van der Waals surface area contributed by atoms with Gasteiger partial charge in [0.05, 0.1) is 26.7 Å². The third kappa shape index (κ3) is 4.69. The van der Waals surface area contributed by atoms with Gasteiger partial charge in [-0.1, -0.05) is 49.4 Å². The lowest BCUT2D eigenvalue weighted by molar-refractivity contribution is -0.938. The Balaban J connectivity index is 1.24. The highest BCUT2D eigenvalue weighted by Gasteiger charge is 2.63. The van der Waals surface area contributed by atoms with Gasteiger partial charge in [-0.3, -0.25) is 4.79 Å². The van der Waals surface area contributed by atoms with Crippen LogP contribution in [0.15, 0.2) is 72.9 Å². The van der Waals surface area contributed by atoms with E-state index in [4.69, 9.17) is 9.47 Å². The highest BCUT2D eigenvalue weighted by atomic mass is 16.5. The van der Waals surface area contributed by atoms with Crippen LogP contribution in [0, 0.1) is 5.92 Å². The number of aryl methyl sites for hydroxylation is 1. The lowest BCUT2D eigenvalue weighted by atomic mass is 9.82. The van der Waals surface area contributed by atoms with Crippen molar-refractivity contribution in [2.45, 2.75) is 37.8 Å². The zero-order chi connectivity index (χ0) is 27.0. The maximum atomic E-state index is 14.1. The Kier molecular flexibility index (Phi) is 6.63. The van der Waals surface area contributed by atoms with Crippen LogP contribution in [0.1, 0.15) is 41.3 Å². The fourth-order valence-electron chi connectivity index (χ4n) is 6.57. The van der Waals surface area contributed by atoms with Gasteiger partial charge < -0.3 is 18.9 Å². The van der Waals surface area contributed by atoms with Crippen molar-refractivity contribution < 1.29 is 23.5 Å². The van der Waals surface area contributed by atoms with E-state index in [0.29, 0.717) is 35.9 Å². The number of hydrogen-bond donors (Lipinski definition) is 0. The van der Waals surface area contributed by atoms with Crippen molar-refractivity contribution in [2.75, 3.05) is 44.7 Å². The molecule has 3 aromatic rings. The number of fused-ring (bicyclic) bond motifs is 3. The van der Waals surface area contributed by atoms with Gasteiger partial charge in [0.1, 0.15) is 13.1 Å². The predicted octanol–water partition coefficient (Wildman–Crippen LogP) is 4.40. The van der Waals surface area contributed by atoms with E-state index in [9.17, 15) is 9.59 Å². The molecule has 2 aromatic carbocycles. The van der Waals surface area contributed by atoms with Gasteiger partial charge in [-0.2, -0.15) is 0 Å². The summed E-state index contributed by atoms with van der Waals surface area (Å²) in [5.74, 6) is 0.769. The van der Waals surface area contributed by atoms with E-state index in [-0.39, 0.29) is 17.9 Å². The molecule has 4 fully saturated rings. The Bertz CT molecular complexity index is 1350. The molecule has 7 rings (SSSR count). The smallest absolute Gasteiger partial charge is 0.339 e. The molecule has 2 bridgehead atoms. The van der Waals surface area contributed by atoms with Crippen molar-refractivity contribution in [3.63, 3.8) is 0 Å². The SMILES string of the molecule is CCc1cccc(N2CC2(C(=O)OC2C[N+]3(CC(=O)c4ccccc4)CCC2CC3)c2ccc(OC)nc2)c1. The van der Waals surface area contributed by atoms with Crippen LogP contribution in [0.2, 0.25) is 0 Å². The molecule has 39 heavy (non-hydrogen) atoms. The summed E-state index contributed by atoms with van der Waals surface area (Å²) in [5, 5.41) is 0. The van der Waals surface area contributed by atoms with E-state index in [1.165, 1.54) is 5.56 Å². The number of hydrogen-bond acceptors (Lipinski definition) is 6. The number of methoxy groups -OCH3 is 1. The Morgan fingerprint density at radius 1 is 1.05 bits per heavy atom. The topological polar surface area (TPSA) is 68.5 Å². The predicted molar refractivity (Wildman–Crippen MR) is 149 cm³/mol. The normalized spacial score (nSPS) is 27.2. The van der Waals surface area contributed by atoms with Crippen LogP contribution in [-0.4, -0.2) is 67.2 Å². The second kappa shape index (κ2) is 10.1. The minimum Gasteiger partial charge on any atom is -0.481 e. The third-order valence-electron chi connectivity index (χ3n) is 9.01. The summed E-state index contributed by atoms with van der Waals surface area (Å²) < 4.78 is 12.4. The second-order valence-corrected chi connectivity index (χ2v) is 11.3. The van der Waals surface area contributed by atoms with Crippen molar-refractivity contribution in [3.8, 4) is 5.88 Å². The average molecular weight is 527 g/mol. The number of quaternary nitrogens is 1. The van der Waals surface area contributed by atoms with E-state index in [0.717, 1.165) is 49.2 Å². The number of aromatic nitrogens is 1. The first-order chi connectivity index (χ1) is 19.0. The largest absolute Gasteiger partial charge is 0.481 e. The number of carbonyl (C=O) groups excluding carboxylic acids is 2. The van der Waals surface area contributed by atoms with Crippen molar-refractivity contribution in [1.29, 1.82) is 0 Å². The molecule has 0 N–H and O–H groups in total. The summed E-state index contributed by atoms with van der Waals surface area (Å²) in [6.07, 6.45) is 4.40. The van der Waals surface area contributed by atoms with Gasteiger partial charge in [0, 0.05) is 47.8 Å². The molecule has 0 spiro atoms. The highest BCUT2D eigenvalue weighted by molar-refractivity contribution is 5.97. The van der Waals surface area contributed by atoms with Crippen LogP contribution < -0.4 is 9.64 Å². The van der Waals surface area contributed by atoms with Gasteiger partial charge in [0.25, 0.3) is 0 Å². The van der Waals surface area contributed by atoms with Crippen molar-refractivity contribution in [2.24, 2.45) is 5.92 Å². The van der Waals surface area contributed by atoms with Crippen LogP contribution in [0.3, 0.4) is 0 Å². The first kappa shape index (κ1) is 25.6. The second-order valence-electron chi connectivity index (χ2n) is 11.3. The maximum Gasteiger partial charge on any atom is 0.339 e. The van der Waals surface area contributed by atoms with Gasteiger partial charge in [-0.25, -0.2) is 9.78 Å². The molecule has 0 amide bonds.